The number of aryl methyl sites for hydroxylation is 2. The highest BCUT2D eigenvalue weighted by Crippen LogP contribution is 2.35. The number of imidazole rings is 1. The molecule has 0 bridgehead atoms. The van der Waals surface area contributed by atoms with Crippen molar-refractivity contribution in [2.24, 2.45) is 0 Å². The van der Waals surface area contributed by atoms with E-state index in [1.54, 1.807) is 0 Å². The molecule has 1 aliphatic rings. The molecule has 0 unspecified atom stereocenters. The number of hydrogen-bond donors (Lipinski definition) is 0. The van der Waals surface area contributed by atoms with E-state index < -0.39 is 0 Å². The minimum absolute atomic E-state index is 0.150. The standard InChI is InChI=1S/C16H25N5/c1-5-20-12-14(13(2)18-20)21-11-8-17-15(21)16(3)6-9-19(4)10-7-16/h8,11-12H,5-7,9-10H2,1-4H3. The van der Waals surface area contributed by atoms with Crippen LogP contribution in [0.3, 0.4) is 0 Å². The third-order valence-electron chi connectivity index (χ3n) is 4.78. The summed E-state index contributed by atoms with van der Waals surface area (Å²) < 4.78 is 4.23. The van der Waals surface area contributed by atoms with Crippen molar-refractivity contribution in [2.75, 3.05) is 20.1 Å². The topological polar surface area (TPSA) is 38.9 Å². The number of hydrogen-bond acceptors (Lipinski definition) is 3. The largest absolute Gasteiger partial charge is 0.306 e. The van der Waals surface area contributed by atoms with Crippen LogP contribution in [-0.2, 0) is 12.0 Å². The van der Waals surface area contributed by atoms with Crippen molar-refractivity contribution in [1.82, 2.24) is 24.2 Å². The van der Waals surface area contributed by atoms with Gasteiger partial charge in [-0.15, -0.1) is 0 Å². The van der Waals surface area contributed by atoms with Gasteiger partial charge in [-0.25, -0.2) is 4.98 Å². The van der Waals surface area contributed by atoms with E-state index in [1.165, 1.54) is 5.82 Å². The summed E-state index contributed by atoms with van der Waals surface area (Å²) in [4.78, 5) is 7.09. The zero-order chi connectivity index (χ0) is 15.0. The second kappa shape index (κ2) is 5.30. The second-order valence-corrected chi connectivity index (χ2v) is 6.44. The fraction of sp³-hybridized carbons (Fsp3) is 0.625. The van der Waals surface area contributed by atoms with Crippen LogP contribution in [0.25, 0.3) is 5.69 Å². The molecule has 5 nitrogen and oxygen atoms in total. The Balaban J connectivity index is 1.99. The van der Waals surface area contributed by atoms with Crippen molar-refractivity contribution in [2.45, 2.75) is 45.6 Å². The van der Waals surface area contributed by atoms with Gasteiger partial charge in [-0.1, -0.05) is 6.92 Å². The zero-order valence-corrected chi connectivity index (χ0v) is 13.5. The summed E-state index contributed by atoms with van der Waals surface area (Å²) in [6.45, 7) is 9.70. The fourth-order valence-corrected chi connectivity index (χ4v) is 3.19. The fourth-order valence-electron chi connectivity index (χ4n) is 3.19. The molecule has 0 saturated carbocycles. The van der Waals surface area contributed by atoms with Gasteiger partial charge >= 0.3 is 0 Å². The third-order valence-corrected chi connectivity index (χ3v) is 4.78. The molecule has 114 valence electrons. The van der Waals surface area contributed by atoms with Crippen LogP contribution in [0.4, 0.5) is 0 Å². The van der Waals surface area contributed by atoms with Crippen LogP contribution in [0.2, 0.25) is 0 Å². The highest BCUT2D eigenvalue weighted by atomic mass is 15.3. The van der Waals surface area contributed by atoms with Gasteiger partial charge in [-0.05, 0) is 46.8 Å². The number of piperidine rings is 1. The summed E-state index contributed by atoms with van der Waals surface area (Å²) >= 11 is 0. The molecule has 0 N–H and O–H groups in total. The number of aromatic nitrogens is 4. The molecule has 0 radical (unpaired) electrons. The van der Waals surface area contributed by atoms with Crippen molar-refractivity contribution in [3.63, 3.8) is 0 Å². The zero-order valence-electron chi connectivity index (χ0n) is 13.5. The minimum Gasteiger partial charge on any atom is -0.306 e. The Kier molecular flexibility index (Phi) is 3.61. The molecule has 0 aliphatic carbocycles. The molecule has 2 aromatic heterocycles. The first-order chi connectivity index (χ1) is 10.0. The molecular weight excluding hydrogens is 262 g/mol. The average molecular weight is 287 g/mol. The minimum atomic E-state index is 0.150. The number of likely N-dealkylation sites (tertiary alicyclic amines) is 1. The van der Waals surface area contributed by atoms with Crippen LogP contribution in [-0.4, -0.2) is 44.4 Å². The molecule has 0 aromatic carbocycles. The summed E-state index contributed by atoms with van der Waals surface area (Å²) in [7, 11) is 2.20. The summed E-state index contributed by atoms with van der Waals surface area (Å²) in [6.07, 6.45) is 8.42. The van der Waals surface area contributed by atoms with Crippen LogP contribution in [0, 0.1) is 6.92 Å². The van der Waals surface area contributed by atoms with Gasteiger partial charge in [0.1, 0.15) is 5.82 Å². The first-order valence-electron chi connectivity index (χ1n) is 7.80. The van der Waals surface area contributed by atoms with Crippen molar-refractivity contribution in [3.05, 3.63) is 30.1 Å². The van der Waals surface area contributed by atoms with E-state index in [2.05, 4.69) is 54.8 Å². The summed E-state index contributed by atoms with van der Waals surface area (Å²) in [5, 5.41) is 4.57. The van der Waals surface area contributed by atoms with Gasteiger partial charge in [0.05, 0.1) is 11.4 Å². The SMILES string of the molecule is CCn1cc(-n2ccnc2C2(C)CCN(C)CC2)c(C)n1. The molecule has 5 heteroatoms. The van der Waals surface area contributed by atoms with Crippen LogP contribution in [0.15, 0.2) is 18.6 Å². The highest BCUT2D eigenvalue weighted by molar-refractivity contribution is 5.37. The lowest BCUT2D eigenvalue weighted by Gasteiger charge is -2.37. The molecule has 0 amide bonds. The van der Waals surface area contributed by atoms with Gasteiger partial charge in [-0.2, -0.15) is 5.10 Å². The lowest BCUT2D eigenvalue weighted by molar-refractivity contribution is 0.192. The van der Waals surface area contributed by atoms with Crippen LogP contribution >= 0.6 is 0 Å². The predicted molar refractivity (Wildman–Crippen MR) is 83.8 cm³/mol. The first kappa shape index (κ1) is 14.3. The average Bonchev–Trinajstić information content (AvgIpc) is 3.08. The molecule has 3 rings (SSSR count). The van der Waals surface area contributed by atoms with Crippen molar-refractivity contribution in [1.29, 1.82) is 0 Å². The van der Waals surface area contributed by atoms with E-state index in [9.17, 15) is 0 Å². The van der Waals surface area contributed by atoms with Crippen molar-refractivity contribution < 1.29 is 0 Å². The van der Waals surface area contributed by atoms with Gasteiger partial charge in [0, 0.05) is 30.6 Å². The third kappa shape index (κ3) is 2.50. The summed E-state index contributed by atoms with van der Waals surface area (Å²) in [5.41, 5.74) is 2.37. The second-order valence-electron chi connectivity index (χ2n) is 6.44. The predicted octanol–water partition coefficient (Wildman–Crippen LogP) is 2.38. The monoisotopic (exact) mass is 287 g/mol. The Morgan fingerprint density at radius 1 is 1.29 bits per heavy atom. The lowest BCUT2D eigenvalue weighted by Crippen LogP contribution is -2.40. The Labute approximate surface area is 126 Å². The van der Waals surface area contributed by atoms with Gasteiger partial charge in [0.2, 0.25) is 0 Å². The summed E-state index contributed by atoms with van der Waals surface area (Å²) in [5.74, 6) is 1.18. The molecule has 0 spiro atoms. The Morgan fingerprint density at radius 2 is 2.00 bits per heavy atom. The molecule has 21 heavy (non-hydrogen) atoms. The molecule has 1 saturated heterocycles. The van der Waals surface area contributed by atoms with Gasteiger partial charge in [-0.3, -0.25) is 9.25 Å². The van der Waals surface area contributed by atoms with Gasteiger partial charge in [0.15, 0.2) is 0 Å². The Morgan fingerprint density at radius 3 is 2.62 bits per heavy atom. The molecular formula is C16H25N5. The maximum atomic E-state index is 4.70. The molecule has 3 heterocycles. The number of nitrogens with zero attached hydrogens (tertiary/aromatic N) is 5. The van der Waals surface area contributed by atoms with E-state index in [4.69, 9.17) is 4.98 Å². The van der Waals surface area contributed by atoms with E-state index >= 15 is 0 Å². The van der Waals surface area contributed by atoms with Gasteiger partial charge in [0.25, 0.3) is 0 Å². The molecule has 1 fully saturated rings. The normalized spacial score (nSPS) is 19.0. The van der Waals surface area contributed by atoms with Crippen LogP contribution < -0.4 is 0 Å². The first-order valence-corrected chi connectivity index (χ1v) is 7.80. The maximum absolute atomic E-state index is 4.70. The lowest BCUT2D eigenvalue weighted by atomic mass is 9.79. The summed E-state index contributed by atoms with van der Waals surface area (Å²) in [6, 6.07) is 0. The number of rotatable bonds is 3. The smallest absolute Gasteiger partial charge is 0.119 e. The molecule has 0 atom stereocenters. The van der Waals surface area contributed by atoms with E-state index in [1.807, 2.05) is 10.9 Å². The van der Waals surface area contributed by atoms with Crippen molar-refractivity contribution in [3.8, 4) is 5.69 Å². The van der Waals surface area contributed by atoms with Crippen LogP contribution in [0.1, 0.15) is 38.2 Å². The Hall–Kier alpha value is -1.62. The van der Waals surface area contributed by atoms with Gasteiger partial charge < -0.3 is 4.90 Å². The van der Waals surface area contributed by atoms with Crippen molar-refractivity contribution >= 4 is 0 Å². The molecule has 2 aromatic rings. The quantitative estimate of drug-likeness (QED) is 0.870. The van der Waals surface area contributed by atoms with E-state index in [-0.39, 0.29) is 5.41 Å². The van der Waals surface area contributed by atoms with Crippen LogP contribution in [0.5, 0.6) is 0 Å². The Bertz CT molecular complexity index is 616. The molecule has 1 aliphatic heterocycles. The van der Waals surface area contributed by atoms with E-state index in [0.717, 1.165) is 43.9 Å². The highest BCUT2D eigenvalue weighted by Gasteiger charge is 2.35. The van der Waals surface area contributed by atoms with E-state index in [0.29, 0.717) is 0 Å². The maximum Gasteiger partial charge on any atom is 0.119 e.